The minimum atomic E-state index is 0.719. The summed E-state index contributed by atoms with van der Waals surface area (Å²) >= 11 is 0. The van der Waals surface area contributed by atoms with Crippen LogP contribution in [-0.4, -0.2) is 12.6 Å². The molecule has 0 spiro atoms. The van der Waals surface area contributed by atoms with Gasteiger partial charge in [0, 0.05) is 12.6 Å². The average molecular weight is 277 g/mol. The van der Waals surface area contributed by atoms with E-state index in [1.807, 2.05) is 0 Å². The van der Waals surface area contributed by atoms with Gasteiger partial charge in [-0.05, 0) is 55.8 Å². The van der Waals surface area contributed by atoms with Gasteiger partial charge in [0.15, 0.2) is 0 Å². The van der Waals surface area contributed by atoms with E-state index in [4.69, 9.17) is 0 Å². The molecule has 0 aromatic carbocycles. The average Bonchev–Trinajstić information content (AvgIpc) is 3.09. The first-order valence-electron chi connectivity index (χ1n) is 9.56. The summed E-state index contributed by atoms with van der Waals surface area (Å²) in [7, 11) is 0. The molecule has 0 aromatic heterocycles. The molecule has 0 heterocycles. The van der Waals surface area contributed by atoms with E-state index in [0.29, 0.717) is 0 Å². The van der Waals surface area contributed by atoms with Crippen LogP contribution in [0.5, 0.6) is 0 Å². The summed E-state index contributed by atoms with van der Waals surface area (Å²) in [5, 5.41) is 3.89. The Hall–Kier alpha value is -0.0400. The highest BCUT2D eigenvalue weighted by Crippen LogP contribution is 2.58. The molecule has 116 valence electrons. The Morgan fingerprint density at radius 1 is 0.950 bits per heavy atom. The van der Waals surface area contributed by atoms with E-state index in [1.165, 1.54) is 64.3 Å². The van der Waals surface area contributed by atoms with Crippen molar-refractivity contribution in [3.05, 3.63) is 0 Å². The first kappa shape index (κ1) is 14.9. The molecule has 0 saturated heterocycles. The lowest BCUT2D eigenvalue weighted by molar-refractivity contribution is 0.137. The highest BCUT2D eigenvalue weighted by molar-refractivity contribution is 5.02. The second-order valence-corrected chi connectivity index (χ2v) is 8.12. The van der Waals surface area contributed by atoms with E-state index < -0.39 is 0 Å². The molecule has 2 bridgehead atoms. The first-order valence-corrected chi connectivity index (χ1v) is 9.56. The molecular formula is C19H35N. The Balaban J connectivity index is 1.43. The van der Waals surface area contributed by atoms with Crippen LogP contribution >= 0.6 is 0 Å². The molecule has 0 aliphatic heterocycles. The van der Waals surface area contributed by atoms with Crippen LogP contribution in [-0.2, 0) is 0 Å². The Morgan fingerprint density at radius 3 is 2.40 bits per heavy atom. The van der Waals surface area contributed by atoms with Crippen molar-refractivity contribution >= 4 is 0 Å². The van der Waals surface area contributed by atoms with Crippen molar-refractivity contribution in [1.29, 1.82) is 0 Å². The predicted octanol–water partition coefficient (Wildman–Crippen LogP) is 5.30. The molecule has 3 saturated carbocycles. The van der Waals surface area contributed by atoms with E-state index in [0.717, 1.165) is 23.3 Å². The van der Waals surface area contributed by atoms with Crippen LogP contribution in [0.25, 0.3) is 0 Å². The molecule has 3 atom stereocenters. The summed E-state index contributed by atoms with van der Waals surface area (Å²) in [5.41, 5.74) is 0.719. The molecule has 3 aliphatic carbocycles. The van der Waals surface area contributed by atoms with Gasteiger partial charge in [0.05, 0.1) is 0 Å². The van der Waals surface area contributed by atoms with Gasteiger partial charge in [0.2, 0.25) is 0 Å². The van der Waals surface area contributed by atoms with E-state index in [-0.39, 0.29) is 0 Å². The third-order valence-corrected chi connectivity index (χ3v) is 6.45. The van der Waals surface area contributed by atoms with Gasteiger partial charge in [-0.2, -0.15) is 0 Å². The summed E-state index contributed by atoms with van der Waals surface area (Å²) in [5.74, 6) is 2.18. The molecule has 3 rings (SSSR count). The van der Waals surface area contributed by atoms with E-state index in [1.54, 1.807) is 25.7 Å². The Morgan fingerprint density at radius 2 is 1.75 bits per heavy atom. The first-order chi connectivity index (χ1) is 9.82. The fraction of sp³-hybridized carbons (Fsp3) is 1.00. The number of rotatable bonds is 10. The molecule has 0 aromatic rings. The number of hydrogen-bond acceptors (Lipinski definition) is 1. The van der Waals surface area contributed by atoms with Crippen LogP contribution in [0.15, 0.2) is 0 Å². The summed E-state index contributed by atoms with van der Waals surface area (Å²) in [6, 6.07) is 0.899. The van der Waals surface area contributed by atoms with E-state index in [2.05, 4.69) is 12.2 Å². The summed E-state index contributed by atoms with van der Waals surface area (Å²) < 4.78 is 0. The fourth-order valence-electron chi connectivity index (χ4n) is 5.06. The third kappa shape index (κ3) is 3.59. The number of nitrogens with one attached hydrogen (secondary N) is 1. The van der Waals surface area contributed by atoms with E-state index in [9.17, 15) is 0 Å². The number of unbranched alkanes of at least 4 members (excludes halogenated alkanes) is 5. The monoisotopic (exact) mass is 277 g/mol. The topological polar surface area (TPSA) is 12.0 Å². The van der Waals surface area contributed by atoms with Gasteiger partial charge in [0.25, 0.3) is 0 Å². The standard InChI is InChI=1S/C19H35N/c1-2-3-4-5-6-7-12-19(15-20-18-10-11-18)14-16-8-9-17(19)13-16/h16-18,20H,2-15H2,1H3. The van der Waals surface area contributed by atoms with Crippen molar-refractivity contribution < 1.29 is 0 Å². The van der Waals surface area contributed by atoms with Gasteiger partial charge < -0.3 is 5.32 Å². The summed E-state index contributed by atoms with van der Waals surface area (Å²) in [4.78, 5) is 0. The predicted molar refractivity (Wildman–Crippen MR) is 86.9 cm³/mol. The molecule has 1 nitrogen and oxygen atoms in total. The highest BCUT2D eigenvalue weighted by Gasteiger charge is 2.50. The molecule has 1 N–H and O–H groups in total. The van der Waals surface area contributed by atoms with Crippen LogP contribution in [0, 0.1) is 17.3 Å². The van der Waals surface area contributed by atoms with Gasteiger partial charge in [-0.3, -0.25) is 0 Å². The lowest BCUT2D eigenvalue weighted by Crippen LogP contribution is -2.39. The van der Waals surface area contributed by atoms with Gasteiger partial charge >= 0.3 is 0 Å². The minimum Gasteiger partial charge on any atom is -0.313 e. The van der Waals surface area contributed by atoms with Crippen molar-refractivity contribution in [3.8, 4) is 0 Å². The maximum Gasteiger partial charge on any atom is 0.00684 e. The second-order valence-electron chi connectivity index (χ2n) is 8.12. The molecule has 20 heavy (non-hydrogen) atoms. The normalized spacial score (nSPS) is 35.9. The van der Waals surface area contributed by atoms with Crippen molar-refractivity contribution in [3.63, 3.8) is 0 Å². The number of hydrogen-bond donors (Lipinski definition) is 1. The summed E-state index contributed by atoms with van der Waals surface area (Å²) in [6.45, 7) is 3.67. The maximum absolute atomic E-state index is 3.89. The van der Waals surface area contributed by atoms with Crippen LogP contribution in [0.3, 0.4) is 0 Å². The lowest BCUT2D eigenvalue weighted by Gasteiger charge is -2.38. The maximum atomic E-state index is 3.89. The van der Waals surface area contributed by atoms with Crippen LogP contribution < -0.4 is 5.32 Å². The third-order valence-electron chi connectivity index (χ3n) is 6.45. The fourth-order valence-corrected chi connectivity index (χ4v) is 5.06. The molecule has 0 radical (unpaired) electrons. The SMILES string of the molecule is CCCCCCCCC1(CNC2CC2)CC2CCC1C2. The van der Waals surface area contributed by atoms with Crippen molar-refractivity contribution in [2.75, 3.05) is 6.54 Å². The largest absolute Gasteiger partial charge is 0.313 e. The summed E-state index contributed by atoms with van der Waals surface area (Å²) in [6.07, 6.45) is 19.4. The highest BCUT2D eigenvalue weighted by atomic mass is 15.0. The zero-order valence-electron chi connectivity index (χ0n) is 13.6. The molecule has 3 unspecified atom stereocenters. The Labute approximate surface area is 126 Å². The quantitative estimate of drug-likeness (QED) is 0.535. The van der Waals surface area contributed by atoms with Crippen LogP contribution in [0.1, 0.15) is 90.4 Å². The van der Waals surface area contributed by atoms with Gasteiger partial charge in [-0.25, -0.2) is 0 Å². The molecule has 3 fully saturated rings. The van der Waals surface area contributed by atoms with Crippen molar-refractivity contribution in [2.24, 2.45) is 17.3 Å². The second kappa shape index (κ2) is 6.81. The van der Waals surface area contributed by atoms with Crippen molar-refractivity contribution in [2.45, 2.75) is 96.4 Å². The Kier molecular flexibility index (Phi) is 5.07. The molecule has 3 aliphatic rings. The van der Waals surface area contributed by atoms with Gasteiger partial charge in [-0.15, -0.1) is 0 Å². The van der Waals surface area contributed by atoms with Crippen molar-refractivity contribution in [1.82, 2.24) is 5.32 Å². The zero-order valence-corrected chi connectivity index (χ0v) is 13.6. The molecule has 1 heteroatoms. The van der Waals surface area contributed by atoms with Crippen LogP contribution in [0.2, 0.25) is 0 Å². The van der Waals surface area contributed by atoms with Gasteiger partial charge in [-0.1, -0.05) is 51.9 Å². The zero-order chi connectivity index (χ0) is 13.8. The van der Waals surface area contributed by atoms with Gasteiger partial charge in [0.1, 0.15) is 0 Å². The molecular weight excluding hydrogens is 242 g/mol. The molecule has 0 amide bonds. The number of fused-ring (bicyclic) bond motifs is 2. The smallest absolute Gasteiger partial charge is 0.00684 e. The minimum absolute atomic E-state index is 0.719. The Bertz CT molecular complexity index is 296. The van der Waals surface area contributed by atoms with E-state index >= 15 is 0 Å². The lowest BCUT2D eigenvalue weighted by atomic mass is 9.69. The van der Waals surface area contributed by atoms with Crippen LogP contribution in [0.4, 0.5) is 0 Å².